The molecule has 2 heteroatoms. The molecule has 1 N–H and O–H groups in total. The minimum atomic E-state index is 1.13. The molecule has 12 heavy (non-hydrogen) atoms. The summed E-state index contributed by atoms with van der Waals surface area (Å²) in [6, 6.07) is 6.67. The summed E-state index contributed by atoms with van der Waals surface area (Å²) in [6.45, 7) is 1.13. The highest BCUT2D eigenvalue weighted by Crippen LogP contribution is 2.26. The van der Waals surface area contributed by atoms with Crippen molar-refractivity contribution in [1.82, 2.24) is 0 Å². The molecule has 0 saturated heterocycles. The Balaban J connectivity index is 2.36. The lowest BCUT2D eigenvalue weighted by molar-refractivity contribution is 0.827. The Bertz CT molecular complexity index is 283. The highest BCUT2D eigenvalue weighted by Gasteiger charge is 2.07. The highest BCUT2D eigenvalue weighted by molar-refractivity contribution is 7.98. The van der Waals surface area contributed by atoms with E-state index >= 15 is 0 Å². The Morgan fingerprint density at radius 2 is 2.33 bits per heavy atom. The van der Waals surface area contributed by atoms with Crippen LogP contribution >= 0.6 is 11.8 Å². The molecule has 1 aromatic carbocycles. The van der Waals surface area contributed by atoms with Crippen molar-refractivity contribution >= 4 is 17.4 Å². The molecule has 2 rings (SSSR count). The van der Waals surface area contributed by atoms with Crippen molar-refractivity contribution < 1.29 is 0 Å². The summed E-state index contributed by atoms with van der Waals surface area (Å²) >= 11 is 1.81. The number of fused-ring (bicyclic) bond motifs is 1. The van der Waals surface area contributed by atoms with Gasteiger partial charge in [0.1, 0.15) is 0 Å². The van der Waals surface area contributed by atoms with Crippen molar-refractivity contribution in [2.45, 2.75) is 17.7 Å². The molecule has 0 radical (unpaired) electrons. The molecule has 0 atom stereocenters. The Hall–Kier alpha value is -0.630. The van der Waals surface area contributed by atoms with Crippen molar-refractivity contribution in [1.29, 1.82) is 0 Å². The number of hydrogen-bond donors (Lipinski definition) is 1. The van der Waals surface area contributed by atoms with E-state index in [0.29, 0.717) is 0 Å². The summed E-state index contributed by atoms with van der Waals surface area (Å²) in [5, 5.41) is 3.40. The first-order valence-corrected chi connectivity index (χ1v) is 5.53. The van der Waals surface area contributed by atoms with E-state index in [1.54, 1.807) is 0 Å². The molecule has 0 bridgehead atoms. The third kappa shape index (κ3) is 1.44. The van der Waals surface area contributed by atoms with Crippen molar-refractivity contribution in [2.75, 3.05) is 18.1 Å². The topological polar surface area (TPSA) is 12.0 Å². The Morgan fingerprint density at radius 3 is 3.17 bits per heavy atom. The van der Waals surface area contributed by atoms with E-state index in [0.717, 1.165) is 6.54 Å². The van der Waals surface area contributed by atoms with E-state index in [1.165, 1.54) is 29.0 Å². The minimum absolute atomic E-state index is 1.13. The van der Waals surface area contributed by atoms with Crippen LogP contribution < -0.4 is 5.32 Å². The van der Waals surface area contributed by atoms with Gasteiger partial charge in [-0.15, -0.1) is 11.8 Å². The number of benzene rings is 1. The van der Waals surface area contributed by atoms with Crippen LogP contribution in [0.4, 0.5) is 5.69 Å². The fraction of sp³-hybridized carbons (Fsp3) is 0.400. The molecule has 0 saturated carbocycles. The highest BCUT2D eigenvalue weighted by atomic mass is 32.2. The van der Waals surface area contributed by atoms with Gasteiger partial charge < -0.3 is 5.32 Å². The number of rotatable bonds is 1. The molecule has 0 aromatic heterocycles. The van der Waals surface area contributed by atoms with Gasteiger partial charge in [0.2, 0.25) is 0 Å². The number of aryl methyl sites for hydroxylation is 1. The maximum absolute atomic E-state index is 3.40. The summed E-state index contributed by atoms with van der Waals surface area (Å²) in [4.78, 5) is 1.37. The van der Waals surface area contributed by atoms with Crippen LogP contribution in [0.5, 0.6) is 0 Å². The van der Waals surface area contributed by atoms with E-state index in [4.69, 9.17) is 0 Å². The second kappa shape index (κ2) is 3.40. The smallest absolute Gasteiger partial charge is 0.0373 e. The van der Waals surface area contributed by atoms with E-state index < -0.39 is 0 Å². The van der Waals surface area contributed by atoms with Crippen LogP contribution in [0.2, 0.25) is 0 Å². The van der Waals surface area contributed by atoms with Crippen LogP contribution in [0.3, 0.4) is 0 Å². The predicted molar refractivity (Wildman–Crippen MR) is 55.0 cm³/mol. The van der Waals surface area contributed by atoms with Gasteiger partial charge in [0.15, 0.2) is 0 Å². The average Bonchev–Trinajstić information content (AvgIpc) is 2.17. The molecule has 0 fully saturated rings. The average molecular weight is 179 g/mol. The minimum Gasteiger partial charge on any atom is -0.385 e. The number of anilines is 1. The van der Waals surface area contributed by atoms with Crippen LogP contribution in [-0.2, 0) is 6.42 Å². The summed E-state index contributed by atoms with van der Waals surface area (Å²) in [5.74, 6) is 0. The summed E-state index contributed by atoms with van der Waals surface area (Å²) in [5.41, 5.74) is 2.81. The third-order valence-electron chi connectivity index (χ3n) is 2.25. The SMILES string of the molecule is CSc1ccc2c(c1)CCCN2. The zero-order chi connectivity index (χ0) is 8.39. The van der Waals surface area contributed by atoms with Gasteiger partial charge in [0.05, 0.1) is 0 Å². The number of hydrogen-bond acceptors (Lipinski definition) is 2. The van der Waals surface area contributed by atoms with Gasteiger partial charge in [-0.1, -0.05) is 0 Å². The van der Waals surface area contributed by atoms with Crippen molar-refractivity contribution in [3.05, 3.63) is 23.8 Å². The quantitative estimate of drug-likeness (QED) is 0.665. The molecule has 0 aliphatic carbocycles. The molecule has 1 heterocycles. The predicted octanol–water partition coefficient (Wildman–Crippen LogP) is 2.77. The molecule has 0 spiro atoms. The van der Waals surface area contributed by atoms with Gasteiger partial charge in [-0.2, -0.15) is 0 Å². The van der Waals surface area contributed by atoms with E-state index in [-0.39, 0.29) is 0 Å². The van der Waals surface area contributed by atoms with Crippen LogP contribution in [-0.4, -0.2) is 12.8 Å². The zero-order valence-corrected chi connectivity index (χ0v) is 8.08. The fourth-order valence-electron chi connectivity index (χ4n) is 1.58. The second-order valence-electron chi connectivity index (χ2n) is 3.05. The fourth-order valence-corrected chi connectivity index (χ4v) is 2.04. The standard InChI is InChI=1S/C10H13NS/c1-12-9-4-5-10-8(7-9)3-2-6-11-10/h4-5,7,11H,2-3,6H2,1H3. The third-order valence-corrected chi connectivity index (χ3v) is 2.98. The van der Waals surface area contributed by atoms with Crippen molar-refractivity contribution in [3.8, 4) is 0 Å². The lowest BCUT2D eigenvalue weighted by Gasteiger charge is -2.18. The van der Waals surface area contributed by atoms with Gasteiger partial charge in [0, 0.05) is 17.1 Å². The van der Waals surface area contributed by atoms with Crippen LogP contribution in [0.25, 0.3) is 0 Å². The molecule has 1 aliphatic heterocycles. The Morgan fingerprint density at radius 1 is 1.42 bits per heavy atom. The first-order valence-electron chi connectivity index (χ1n) is 4.31. The lowest BCUT2D eigenvalue weighted by Crippen LogP contribution is -2.11. The van der Waals surface area contributed by atoms with Gasteiger partial charge in [0.25, 0.3) is 0 Å². The maximum Gasteiger partial charge on any atom is 0.0373 e. The lowest BCUT2D eigenvalue weighted by atomic mass is 10.0. The molecule has 0 amide bonds. The van der Waals surface area contributed by atoms with Gasteiger partial charge in [-0.3, -0.25) is 0 Å². The monoisotopic (exact) mass is 179 g/mol. The van der Waals surface area contributed by atoms with Crippen LogP contribution in [0.15, 0.2) is 23.1 Å². The molecular formula is C10H13NS. The van der Waals surface area contributed by atoms with E-state index in [2.05, 4.69) is 29.8 Å². The van der Waals surface area contributed by atoms with E-state index in [9.17, 15) is 0 Å². The van der Waals surface area contributed by atoms with E-state index in [1.807, 2.05) is 11.8 Å². The zero-order valence-electron chi connectivity index (χ0n) is 7.26. The number of thioether (sulfide) groups is 1. The molecule has 1 aromatic rings. The first kappa shape index (κ1) is 7.99. The summed E-state index contributed by atoms with van der Waals surface area (Å²) in [6.07, 6.45) is 4.62. The Kier molecular flexibility index (Phi) is 2.26. The van der Waals surface area contributed by atoms with Crippen LogP contribution in [0.1, 0.15) is 12.0 Å². The van der Waals surface area contributed by atoms with Gasteiger partial charge >= 0.3 is 0 Å². The maximum atomic E-state index is 3.40. The Labute approximate surface area is 77.6 Å². The molecule has 0 unspecified atom stereocenters. The summed E-state index contributed by atoms with van der Waals surface area (Å²) in [7, 11) is 0. The van der Waals surface area contributed by atoms with Crippen molar-refractivity contribution in [3.63, 3.8) is 0 Å². The molecule has 1 nitrogen and oxygen atoms in total. The second-order valence-corrected chi connectivity index (χ2v) is 3.93. The molecule has 64 valence electrons. The largest absolute Gasteiger partial charge is 0.385 e. The number of nitrogens with one attached hydrogen (secondary N) is 1. The van der Waals surface area contributed by atoms with Crippen molar-refractivity contribution in [2.24, 2.45) is 0 Å². The van der Waals surface area contributed by atoms with Gasteiger partial charge in [-0.05, 0) is 42.9 Å². The summed E-state index contributed by atoms with van der Waals surface area (Å²) < 4.78 is 0. The normalized spacial score (nSPS) is 15.1. The van der Waals surface area contributed by atoms with Crippen LogP contribution in [0, 0.1) is 0 Å². The molecular weight excluding hydrogens is 166 g/mol. The molecule has 1 aliphatic rings. The van der Waals surface area contributed by atoms with Gasteiger partial charge in [-0.25, -0.2) is 0 Å². The first-order chi connectivity index (χ1) is 5.90.